The van der Waals surface area contributed by atoms with Crippen molar-refractivity contribution >= 4 is 23.9 Å². The number of primary amides is 1. The molecule has 0 saturated heterocycles. The van der Waals surface area contributed by atoms with E-state index in [0.717, 1.165) is 22.3 Å². The summed E-state index contributed by atoms with van der Waals surface area (Å²) in [5.74, 6) is -2.76. The van der Waals surface area contributed by atoms with E-state index in [1.54, 1.807) is 0 Å². The van der Waals surface area contributed by atoms with Crippen LogP contribution in [-0.2, 0) is 19.1 Å². The van der Waals surface area contributed by atoms with Crippen LogP contribution >= 0.6 is 0 Å². The van der Waals surface area contributed by atoms with Gasteiger partial charge in [0.25, 0.3) is 0 Å². The summed E-state index contributed by atoms with van der Waals surface area (Å²) >= 11 is 0. The zero-order chi connectivity index (χ0) is 23.3. The topological polar surface area (TPSA) is 148 Å². The average molecular weight is 439 g/mol. The molecule has 0 saturated carbocycles. The van der Waals surface area contributed by atoms with Crippen molar-refractivity contribution in [2.75, 3.05) is 6.61 Å². The summed E-state index contributed by atoms with van der Waals surface area (Å²) in [6.45, 7) is 1.52. The fourth-order valence-corrected chi connectivity index (χ4v) is 3.73. The molecule has 0 fully saturated rings. The van der Waals surface area contributed by atoms with Gasteiger partial charge in [-0.15, -0.1) is 0 Å². The minimum atomic E-state index is -1.15. The number of fused-ring (bicyclic) bond motifs is 3. The lowest BCUT2D eigenvalue weighted by Crippen LogP contribution is -2.52. The maximum atomic E-state index is 12.3. The number of nitrogens with one attached hydrogen (secondary N) is 2. The van der Waals surface area contributed by atoms with Gasteiger partial charge in [0.15, 0.2) is 0 Å². The van der Waals surface area contributed by atoms with Gasteiger partial charge in [0.2, 0.25) is 11.8 Å². The van der Waals surface area contributed by atoms with Crippen LogP contribution in [0.4, 0.5) is 4.79 Å². The fraction of sp³-hybridized carbons (Fsp3) is 0.304. The first-order valence-electron chi connectivity index (χ1n) is 10.2. The van der Waals surface area contributed by atoms with Gasteiger partial charge in [0, 0.05) is 12.3 Å². The summed E-state index contributed by atoms with van der Waals surface area (Å²) in [5, 5.41) is 13.5. The lowest BCUT2D eigenvalue weighted by molar-refractivity contribution is -0.137. The highest BCUT2D eigenvalue weighted by molar-refractivity contribution is 5.90. The molecule has 3 rings (SSSR count). The molecule has 0 spiro atoms. The van der Waals surface area contributed by atoms with Crippen molar-refractivity contribution in [3.05, 3.63) is 59.7 Å². The van der Waals surface area contributed by atoms with Crippen molar-refractivity contribution in [3.8, 4) is 11.1 Å². The van der Waals surface area contributed by atoms with Crippen molar-refractivity contribution in [1.29, 1.82) is 0 Å². The first-order chi connectivity index (χ1) is 15.3. The van der Waals surface area contributed by atoms with E-state index in [1.807, 2.05) is 48.5 Å². The van der Waals surface area contributed by atoms with Crippen LogP contribution in [0.1, 0.15) is 36.8 Å². The monoisotopic (exact) mass is 439 g/mol. The summed E-state index contributed by atoms with van der Waals surface area (Å²) < 4.78 is 5.39. The average Bonchev–Trinajstić information content (AvgIpc) is 3.08. The Hall–Kier alpha value is -3.88. The second-order valence-electron chi connectivity index (χ2n) is 7.59. The third kappa shape index (κ3) is 5.23. The number of nitrogens with two attached hydrogens (primary N) is 1. The van der Waals surface area contributed by atoms with E-state index in [1.165, 1.54) is 6.92 Å². The van der Waals surface area contributed by atoms with E-state index in [4.69, 9.17) is 15.6 Å². The van der Waals surface area contributed by atoms with Gasteiger partial charge in [0.05, 0.1) is 0 Å². The number of hydrogen-bond donors (Lipinski definition) is 4. The Morgan fingerprint density at radius 1 is 1.00 bits per heavy atom. The number of carboxylic acids is 1. The van der Waals surface area contributed by atoms with Crippen molar-refractivity contribution in [2.45, 2.75) is 37.8 Å². The highest BCUT2D eigenvalue weighted by Gasteiger charge is 2.29. The molecule has 9 heteroatoms. The molecular formula is C23H25N3O6. The van der Waals surface area contributed by atoms with Crippen molar-refractivity contribution in [3.63, 3.8) is 0 Å². The van der Waals surface area contributed by atoms with Crippen LogP contribution in [0.3, 0.4) is 0 Å². The molecule has 2 aromatic carbocycles. The SMILES string of the molecule is C[C@H](NC(=O)OCC1c2ccccc2-c2ccccc21)C(=O)N[C@H](CCC(=O)O)C(N)=O. The second-order valence-corrected chi connectivity index (χ2v) is 7.59. The molecular weight excluding hydrogens is 414 g/mol. The first-order valence-corrected chi connectivity index (χ1v) is 10.2. The molecule has 0 unspecified atom stereocenters. The Balaban J connectivity index is 1.56. The Morgan fingerprint density at radius 2 is 1.56 bits per heavy atom. The second kappa shape index (κ2) is 9.95. The number of hydrogen-bond acceptors (Lipinski definition) is 5. The summed E-state index contributed by atoms with van der Waals surface area (Å²) in [4.78, 5) is 46.7. The van der Waals surface area contributed by atoms with E-state index in [-0.39, 0.29) is 25.4 Å². The Kier molecular flexibility index (Phi) is 7.09. The minimum absolute atomic E-state index is 0.0940. The predicted molar refractivity (Wildman–Crippen MR) is 116 cm³/mol. The van der Waals surface area contributed by atoms with Gasteiger partial charge < -0.3 is 26.2 Å². The zero-order valence-electron chi connectivity index (χ0n) is 17.5. The molecule has 1 aliphatic carbocycles. The number of alkyl carbamates (subject to hydrolysis) is 1. The normalized spacial score (nSPS) is 13.9. The standard InChI is InChI=1S/C23H25N3O6/c1-13(22(30)26-19(21(24)29)10-11-20(27)28)25-23(31)32-12-18-16-8-4-2-6-14(16)15-7-3-5-9-17(15)18/h2-9,13,18-19H,10-12H2,1H3,(H2,24,29)(H,25,31)(H,26,30)(H,27,28)/t13-,19+/m0/s1. The highest BCUT2D eigenvalue weighted by Crippen LogP contribution is 2.44. The lowest BCUT2D eigenvalue weighted by atomic mass is 9.98. The third-order valence-corrected chi connectivity index (χ3v) is 5.38. The molecule has 0 radical (unpaired) electrons. The van der Waals surface area contributed by atoms with Crippen LogP contribution in [0.15, 0.2) is 48.5 Å². The molecule has 9 nitrogen and oxygen atoms in total. The van der Waals surface area contributed by atoms with Gasteiger partial charge in [-0.3, -0.25) is 14.4 Å². The van der Waals surface area contributed by atoms with E-state index in [0.29, 0.717) is 0 Å². The molecule has 5 N–H and O–H groups in total. The Morgan fingerprint density at radius 3 is 2.09 bits per heavy atom. The fourth-order valence-electron chi connectivity index (χ4n) is 3.73. The molecule has 168 valence electrons. The molecule has 32 heavy (non-hydrogen) atoms. The molecule has 1 aliphatic rings. The number of amides is 3. The molecule has 0 aromatic heterocycles. The van der Waals surface area contributed by atoms with Crippen LogP contribution in [0.25, 0.3) is 11.1 Å². The number of carbonyl (C=O) groups is 4. The van der Waals surface area contributed by atoms with Crippen molar-refractivity contribution in [2.24, 2.45) is 5.73 Å². The van der Waals surface area contributed by atoms with Crippen LogP contribution in [-0.4, -0.2) is 47.7 Å². The van der Waals surface area contributed by atoms with Crippen LogP contribution < -0.4 is 16.4 Å². The first kappa shape index (κ1) is 22.8. The number of carboxylic acid groups (broad SMARTS) is 1. The van der Waals surface area contributed by atoms with Crippen LogP contribution in [0.5, 0.6) is 0 Å². The molecule has 2 atom stereocenters. The van der Waals surface area contributed by atoms with Gasteiger partial charge in [-0.05, 0) is 35.6 Å². The van der Waals surface area contributed by atoms with Gasteiger partial charge >= 0.3 is 12.1 Å². The smallest absolute Gasteiger partial charge is 0.407 e. The maximum Gasteiger partial charge on any atom is 0.407 e. The quantitative estimate of drug-likeness (QED) is 0.468. The Labute approximate surface area is 184 Å². The number of carbonyl (C=O) groups excluding carboxylic acids is 3. The van der Waals surface area contributed by atoms with Crippen molar-refractivity contribution in [1.82, 2.24) is 10.6 Å². The predicted octanol–water partition coefficient (Wildman–Crippen LogP) is 1.75. The molecule has 0 heterocycles. The third-order valence-electron chi connectivity index (χ3n) is 5.38. The summed E-state index contributed by atoms with van der Waals surface area (Å²) in [5.41, 5.74) is 9.54. The highest BCUT2D eigenvalue weighted by atomic mass is 16.5. The van der Waals surface area contributed by atoms with Gasteiger partial charge in [-0.1, -0.05) is 48.5 Å². The molecule has 0 aliphatic heterocycles. The summed E-state index contributed by atoms with van der Waals surface area (Å²) in [6, 6.07) is 13.7. The van der Waals surface area contributed by atoms with Crippen LogP contribution in [0.2, 0.25) is 0 Å². The number of rotatable bonds is 9. The largest absolute Gasteiger partial charge is 0.481 e. The van der Waals surface area contributed by atoms with E-state index < -0.39 is 36.0 Å². The molecule has 0 bridgehead atoms. The van der Waals surface area contributed by atoms with Gasteiger partial charge in [-0.25, -0.2) is 4.79 Å². The van der Waals surface area contributed by atoms with Gasteiger partial charge in [-0.2, -0.15) is 0 Å². The number of ether oxygens (including phenoxy) is 1. The lowest BCUT2D eigenvalue weighted by Gasteiger charge is -2.19. The summed E-state index contributed by atoms with van der Waals surface area (Å²) in [7, 11) is 0. The van der Waals surface area contributed by atoms with E-state index in [2.05, 4.69) is 10.6 Å². The minimum Gasteiger partial charge on any atom is -0.481 e. The van der Waals surface area contributed by atoms with E-state index in [9.17, 15) is 19.2 Å². The zero-order valence-corrected chi connectivity index (χ0v) is 17.5. The summed E-state index contributed by atoms with van der Waals surface area (Å²) in [6.07, 6.45) is -1.26. The number of benzene rings is 2. The maximum absolute atomic E-state index is 12.3. The molecule has 2 aromatic rings. The van der Waals surface area contributed by atoms with E-state index >= 15 is 0 Å². The van der Waals surface area contributed by atoms with Crippen molar-refractivity contribution < 1.29 is 29.0 Å². The Bertz CT molecular complexity index is 992. The van der Waals surface area contributed by atoms with Crippen LogP contribution in [0, 0.1) is 0 Å². The molecule has 3 amide bonds. The van der Waals surface area contributed by atoms with Gasteiger partial charge in [0.1, 0.15) is 18.7 Å². The number of aliphatic carboxylic acids is 1.